The largest absolute Gasteiger partial charge is 0.481 e. The predicted octanol–water partition coefficient (Wildman–Crippen LogP) is 1.50. The topological polar surface area (TPSA) is 81.1 Å². The smallest absolute Gasteiger partial charge is 0.319 e. The van der Waals surface area contributed by atoms with E-state index in [2.05, 4.69) is 26.6 Å². The molecule has 114 valence electrons. The Morgan fingerprint density at radius 2 is 2.23 bits per heavy atom. The number of carbonyl (C=O) groups is 1. The van der Waals surface area contributed by atoms with E-state index >= 15 is 0 Å². The second-order valence-electron chi connectivity index (χ2n) is 4.63. The lowest BCUT2D eigenvalue weighted by atomic mass is 10.3. The van der Waals surface area contributed by atoms with Crippen LogP contribution < -0.4 is 15.4 Å². The van der Waals surface area contributed by atoms with E-state index in [0.29, 0.717) is 18.0 Å². The second-order valence-corrected chi connectivity index (χ2v) is 4.63. The number of terminal acetylenes is 1. The molecule has 2 amide bonds. The zero-order chi connectivity index (χ0) is 15.8. The average molecular weight is 299 g/mol. The summed E-state index contributed by atoms with van der Waals surface area (Å²) in [6.07, 6.45) is 8.17. The highest BCUT2D eigenvalue weighted by atomic mass is 16.5. The molecule has 1 aromatic carbocycles. The molecule has 7 heteroatoms. The summed E-state index contributed by atoms with van der Waals surface area (Å²) < 4.78 is 6.91. The number of ether oxygens (including phenoxy) is 1. The number of nitrogens with one attached hydrogen (secondary N) is 2. The predicted molar refractivity (Wildman–Crippen MR) is 82.4 cm³/mol. The minimum Gasteiger partial charge on any atom is -0.481 e. The first-order chi connectivity index (χ1) is 10.7. The molecular weight excluding hydrogens is 282 g/mol. The van der Waals surface area contributed by atoms with Crippen LogP contribution >= 0.6 is 0 Å². The lowest BCUT2D eigenvalue weighted by molar-refractivity contribution is 0.247. The van der Waals surface area contributed by atoms with Crippen molar-refractivity contribution >= 4 is 11.7 Å². The molecule has 0 saturated heterocycles. The van der Waals surface area contributed by atoms with Gasteiger partial charge in [0.2, 0.25) is 0 Å². The summed E-state index contributed by atoms with van der Waals surface area (Å²) in [5.74, 6) is 3.05. The van der Waals surface area contributed by atoms with E-state index in [1.165, 1.54) is 6.33 Å². The van der Waals surface area contributed by atoms with Crippen molar-refractivity contribution in [3.63, 3.8) is 0 Å². The molecule has 0 aliphatic rings. The van der Waals surface area contributed by atoms with Crippen LogP contribution in [-0.2, 0) is 6.54 Å². The van der Waals surface area contributed by atoms with Gasteiger partial charge in [-0.2, -0.15) is 5.10 Å². The van der Waals surface area contributed by atoms with Gasteiger partial charge in [0, 0.05) is 11.7 Å². The van der Waals surface area contributed by atoms with Crippen molar-refractivity contribution in [3.05, 3.63) is 36.9 Å². The molecule has 0 bridgehead atoms. The van der Waals surface area contributed by atoms with Crippen molar-refractivity contribution < 1.29 is 9.53 Å². The maximum Gasteiger partial charge on any atom is 0.319 e. The molecule has 1 unspecified atom stereocenters. The van der Waals surface area contributed by atoms with Gasteiger partial charge in [0.15, 0.2) is 0 Å². The lowest BCUT2D eigenvalue weighted by Gasteiger charge is -2.14. The summed E-state index contributed by atoms with van der Waals surface area (Å²) in [6, 6.07) is 6.60. The van der Waals surface area contributed by atoms with E-state index in [4.69, 9.17) is 11.2 Å². The fourth-order valence-corrected chi connectivity index (χ4v) is 1.80. The molecule has 0 radical (unpaired) electrons. The van der Waals surface area contributed by atoms with E-state index in [0.717, 1.165) is 0 Å². The molecule has 1 aromatic heterocycles. The van der Waals surface area contributed by atoms with Gasteiger partial charge in [0.1, 0.15) is 25.0 Å². The van der Waals surface area contributed by atoms with Crippen LogP contribution in [0.5, 0.6) is 5.75 Å². The molecule has 0 aliphatic carbocycles. The van der Waals surface area contributed by atoms with E-state index in [1.54, 1.807) is 35.3 Å². The fourth-order valence-electron chi connectivity index (χ4n) is 1.80. The van der Waals surface area contributed by atoms with Gasteiger partial charge < -0.3 is 15.4 Å². The number of hydrogen-bond donors (Lipinski definition) is 2. The molecule has 22 heavy (non-hydrogen) atoms. The molecule has 2 N–H and O–H groups in total. The second kappa shape index (κ2) is 7.69. The Morgan fingerprint density at radius 3 is 2.86 bits per heavy atom. The Hall–Kier alpha value is -3.01. The van der Waals surface area contributed by atoms with Crippen LogP contribution in [0, 0.1) is 12.3 Å². The summed E-state index contributed by atoms with van der Waals surface area (Å²) in [7, 11) is 0. The number of carbonyl (C=O) groups excluding carboxylic acids is 1. The van der Waals surface area contributed by atoms with Gasteiger partial charge in [-0.1, -0.05) is 5.92 Å². The molecule has 0 saturated carbocycles. The van der Waals surface area contributed by atoms with Crippen molar-refractivity contribution in [2.24, 2.45) is 0 Å². The highest BCUT2D eigenvalue weighted by Crippen LogP contribution is 2.15. The lowest BCUT2D eigenvalue weighted by Crippen LogP contribution is -2.38. The van der Waals surface area contributed by atoms with Crippen molar-refractivity contribution in [3.8, 4) is 18.1 Å². The van der Waals surface area contributed by atoms with Crippen LogP contribution in [-0.4, -0.2) is 33.4 Å². The third-order valence-corrected chi connectivity index (χ3v) is 2.74. The van der Waals surface area contributed by atoms with Gasteiger partial charge >= 0.3 is 6.03 Å². The molecule has 0 aliphatic heterocycles. The van der Waals surface area contributed by atoms with E-state index in [1.807, 2.05) is 6.92 Å². The number of urea groups is 1. The molecule has 1 atom stereocenters. The summed E-state index contributed by atoms with van der Waals surface area (Å²) in [4.78, 5) is 15.7. The molecule has 0 fully saturated rings. The highest BCUT2D eigenvalue weighted by Gasteiger charge is 2.08. The first-order valence-corrected chi connectivity index (χ1v) is 6.73. The number of hydrogen-bond acceptors (Lipinski definition) is 4. The first-order valence-electron chi connectivity index (χ1n) is 6.73. The minimum atomic E-state index is -0.287. The Labute approximate surface area is 128 Å². The van der Waals surface area contributed by atoms with Gasteiger partial charge in [-0.15, -0.1) is 6.42 Å². The Balaban J connectivity index is 1.80. The number of benzene rings is 1. The van der Waals surface area contributed by atoms with Crippen LogP contribution in [0.25, 0.3) is 0 Å². The van der Waals surface area contributed by atoms with Crippen molar-refractivity contribution in [1.29, 1.82) is 0 Å². The van der Waals surface area contributed by atoms with Crippen LogP contribution in [0.15, 0.2) is 36.9 Å². The Bertz CT molecular complexity index is 631. The van der Waals surface area contributed by atoms with Crippen LogP contribution in [0.3, 0.4) is 0 Å². The van der Waals surface area contributed by atoms with Gasteiger partial charge in [0.25, 0.3) is 0 Å². The zero-order valence-electron chi connectivity index (χ0n) is 12.2. The fraction of sp³-hybridized carbons (Fsp3) is 0.267. The van der Waals surface area contributed by atoms with E-state index in [-0.39, 0.29) is 18.7 Å². The normalized spacial score (nSPS) is 11.3. The number of aromatic nitrogens is 3. The maximum atomic E-state index is 11.9. The van der Waals surface area contributed by atoms with E-state index in [9.17, 15) is 4.79 Å². The van der Waals surface area contributed by atoms with Gasteiger partial charge in [-0.3, -0.25) is 4.68 Å². The Kier molecular flexibility index (Phi) is 5.37. The third kappa shape index (κ3) is 4.83. The van der Waals surface area contributed by atoms with Crippen LogP contribution in [0.4, 0.5) is 10.5 Å². The van der Waals surface area contributed by atoms with Gasteiger partial charge in [-0.05, 0) is 31.2 Å². The average Bonchev–Trinajstić information content (AvgIpc) is 2.99. The SMILES string of the molecule is C#CCOc1ccc(NC(=O)NC(C)Cn2cncn2)cc1. The minimum absolute atomic E-state index is 0.0834. The third-order valence-electron chi connectivity index (χ3n) is 2.74. The zero-order valence-corrected chi connectivity index (χ0v) is 12.2. The first kappa shape index (κ1) is 15.4. The number of amides is 2. The molecular formula is C15H17N5O2. The summed E-state index contributed by atoms with van der Waals surface area (Å²) in [5, 5.41) is 9.55. The summed E-state index contributed by atoms with van der Waals surface area (Å²) in [5.41, 5.74) is 0.665. The molecule has 2 rings (SSSR count). The van der Waals surface area contributed by atoms with Crippen LogP contribution in [0.2, 0.25) is 0 Å². The molecule has 1 heterocycles. The number of anilines is 1. The monoisotopic (exact) mass is 299 g/mol. The molecule has 2 aromatic rings. The van der Waals surface area contributed by atoms with Crippen molar-refractivity contribution in [1.82, 2.24) is 20.1 Å². The number of rotatable bonds is 6. The standard InChI is InChI=1S/C15H17N5O2/c1-3-8-22-14-6-4-13(5-7-14)19-15(21)18-12(2)9-20-11-16-10-17-20/h1,4-7,10-12H,8-9H2,2H3,(H2,18,19,21). The van der Waals surface area contributed by atoms with Crippen molar-refractivity contribution in [2.75, 3.05) is 11.9 Å². The summed E-state index contributed by atoms with van der Waals surface area (Å²) >= 11 is 0. The molecule has 0 spiro atoms. The van der Waals surface area contributed by atoms with Crippen molar-refractivity contribution in [2.45, 2.75) is 19.5 Å². The maximum absolute atomic E-state index is 11.9. The van der Waals surface area contributed by atoms with Gasteiger partial charge in [-0.25, -0.2) is 9.78 Å². The quantitative estimate of drug-likeness (QED) is 0.792. The highest BCUT2D eigenvalue weighted by molar-refractivity contribution is 5.89. The van der Waals surface area contributed by atoms with E-state index < -0.39 is 0 Å². The van der Waals surface area contributed by atoms with Crippen LogP contribution in [0.1, 0.15) is 6.92 Å². The van der Waals surface area contributed by atoms with Gasteiger partial charge in [0.05, 0.1) is 6.54 Å². The Morgan fingerprint density at radius 1 is 1.45 bits per heavy atom. The summed E-state index contributed by atoms with van der Waals surface area (Å²) in [6.45, 7) is 2.65. The number of nitrogens with zero attached hydrogens (tertiary/aromatic N) is 3. The molecule has 7 nitrogen and oxygen atoms in total.